The fourth-order valence-corrected chi connectivity index (χ4v) is 3.67. The van der Waals surface area contributed by atoms with Crippen LogP contribution < -0.4 is 0 Å². The number of hydrogen-bond donors (Lipinski definition) is 0. The molecule has 1 unspecified atom stereocenters. The van der Waals surface area contributed by atoms with Crippen molar-refractivity contribution in [1.82, 2.24) is 0 Å². The van der Waals surface area contributed by atoms with Crippen LogP contribution in [0.25, 0.3) is 5.57 Å². The lowest BCUT2D eigenvalue weighted by atomic mass is 9.88. The molecule has 0 saturated carbocycles. The first-order valence-electron chi connectivity index (χ1n) is 10.2. The maximum atomic E-state index is 9.04. The van der Waals surface area contributed by atoms with Gasteiger partial charge in [-0.25, -0.2) is 0 Å². The summed E-state index contributed by atoms with van der Waals surface area (Å²) in [7, 11) is 0. The minimum Gasteiger partial charge on any atom is -0.264 e. The maximum absolute atomic E-state index is 9.04. The number of rotatable bonds is 6. The van der Waals surface area contributed by atoms with E-state index in [0.29, 0.717) is 11.1 Å². The second kappa shape index (κ2) is 9.70. The molecule has 3 nitrogen and oxygen atoms in total. The summed E-state index contributed by atoms with van der Waals surface area (Å²) in [5, 5.41) is 18.0. The van der Waals surface area contributed by atoms with Gasteiger partial charge in [-0.2, -0.15) is 10.5 Å². The highest BCUT2D eigenvalue weighted by Crippen LogP contribution is 2.34. The predicted molar refractivity (Wildman–Crippen MR) is 127 cm³/mol. The molecule has 0 spiro atoms. The zero-order chi connectivity index (χ0) is 22.4. The van der Waals surface area contributed by atoms with E-state index < -0.39 is 0 Å². The van der Waals surface area contributed by atoms with Gasteiger partial charge in [0.15, 0.2) is 0 Å². The summed E-state index contributed by atoms with van der Waals surface area (Å²) >= 11 is 0. The van der Waals surface area contributed by atoms with Crippen molar-refractivity contribution < 1.29 is 0 Å². The Bertz CT molecular complexity index is 1200. The maximum Gasteiger partial charge on any atom is 0.0991 e. The van der Waals surface area contributed by atoms with Gasteiger partial charge >= 0.3 is 0 Å². The summed E-state index contributed by atoms with van der Waals surface area (Å²) in [5.74, 6) is 0.192. The van der Waals surface area contributed by atoms with Crippen LogP contribution in [0, 0.1) is 22.7 Å². The zero-order valence-corrected chi connectivity index (χ0v) is 18.2. The number of hydrogen-bond acceptors (Lipinski definition) is 3. The number of benzene rings is 3. The third-order valence-corrected chi connectivity index (χ3v) is 5.83. The summed E-state index contributed by atoms with van der Waals surface area (Å²) in [6.07, 6.45) is 0.809. The van der Waals surface area contributed by atoms with E-state index in [2.05, 4.69) is 56.8 Å². The Morgan fingerprint density at radius 3 is 1.97 bits per heavy atom. The minimum absolute atomic E-state index is 0.192. The molecule has 0 saturated heterocycles. The van der Waals surface area contributed by atoms with Gasteiger partial charge in [0.2, 0.25) is 0 Å². The van der Waals surface area contributed by atoms with Crippen molar-refractivity contribution in [1.29, 1.82) is 10.5 Å². The van der Waals surface area contributed by atoms with Gasteiger partial charge < -0.3 is 0 Å². The van der Waals surface area contributed by atoms with Gasteiger partial charge in [-0.15, -0.1) is 0 Å². The van der Waals surface area contributed by atoms with Crippen molar-refractivity contribution in [3.05, 3.63) is 106 Å². The number of nitriles is 2. The molecule has 0 aliphatic heterocycles. The van der Waals surface area contributed by atoms with Gasteiger partial charge in [-0.05, 0) is 85.6 Å². The molecular weight excluding hydrogens is 378 g/mol. The Morgan fingerprint density at radius 1 is 0.871 bits per heavy atom. The van der Waals surface area contributed by atoms with Crippen LogP contribution in [0.5, 0.6) is 0 Å². The summed E-state index contributed by atoms with van der Waals surface area (Å²) in [6, 6.07) is 26.1. The summed E-state index contributed by atoms with van der Waals surface area (Å²) in [4.78, 5) is 4.24. The molecule has 3 heteroatoms. The Kier molecular flexibility index (Phi) is 6.81. The van der Waals surface area contributed by atoms with Crippen molar-refractivity contribution >= 4 is 18.0 Å². The zero-order valence-electron chi connectivity index (χ0n) is 18.2. The molecular formula is C28H25N3. The smallest absolute Gasteiger partial charge is 0.0991 e. The first-order chi connectivity index (χ1) is 15.0. The first-order valence-corrected chi connectivity index (χ1v) is 10.2. The molecule has 0 aliphatic carbocycles. The molecule has 0 radical (unpaired) electrons. The molecule has 0 bridgehead atoms. The molecule has 3 aromatic carbocycles. The number of aliphatic imine (C=N–C) groups is 1. The van der Waals surface area contributed by atoms with Gasteiger partial charge in [-0.3, -0.25) is 4.99 Å². The quantitative estimate of drug-likeness (QED) is 0.418. The molecule has 0 aliphatic rings. The fourth-order valence-electron chi connectivity index (χ4n) is 3.67. The summed E-state index contributed by atoms with van der Waals surface area (Å²) in [5.41, 5.74) is 9.25. The average Bonchev–Trinajstić information content (AvgIpc) is 2.83. The monoisotopic (exact) mass is 403 g/mol. The highest BCUT2D eigenvalue weighted by Gasteiger charge is 2.13. The van der Waals surface area contributed by atoms with Crippen LogP contribution in [-0.4, -0.2) is 6.72 Å². The van der Waals surface area contributed by atoms with E-state index in [4.69, 9.17) is 10.5 Å². The largest absolute Gasteiger partial charge is 0.264 e. The lowest BCUT2D eigenvalue weighted by Gasteiger charge is -2.17. The van der Waals surface area contributed by atoms with Crippen LogP contribution >= 0.6 is 0 Å². The normalized spacial score (nSPS) is 12.3. The van der Waals surface area contributed by atoms with Crippen molar-refractivity contribution in [2.45, 2.75) is 33.1 Å². The third kappa shape index (κ3) is 4.97. The van der Waals surface area contributed by atoms with Crippen LogP contribution in [0.2, 0.25) is 0 Å². The number of nitrogens with zero attached hydrogens (tertiary/aromatic N) is 3. The standard InChI is InChI=1S/C28H25N3/c1-19(15-22-5-7-23(17-29)8-6-22)20(2)27-16-26(13-14-28(27)31-4)21(3)25-11-9-24(18-30)10-12-25/h5-14,16,21H,4,15H2,1-3H3/b20-19+. The fraction of sp³-hybridized carbons (Fsp3) is 0.179. The molecule has 0 fully saturated rings. The molecule has 0 N–H and O–H groups in total. The van der Waals surface area contributed by atoms with Crippen LogP contribution in [0.3, 0.4) is 0 Å². The molecule has 1 atom stereocenters. The minimum atomic E-state index is 0.192. The van der Waals surface area contributed by atoms with E-state index >= 15 is 0 Å². The van der Waals surface area contributed by atoms with Gasteiger partial charge in [0, 0.05) is 11.5 Å². The van der Waals surface area contributed by atoms with E-state index in [1.807, 2.05) is 54.6 Å². The lowest BCUT2D eigenvalue weighted by molar-refractivity contribution is 0.921. The molecule has 0 aromatic heterocycles. The van der Waals surface area contributed by atoms with Crippen molar-refractivity contribution in [3.63, 3.8) is 0 Å². The lowest BCUT2D eigenvalue weighted by Crippen LogP contribution is -1.98. The Balaban J connectivity index is 1.94. The summed E-state index contributed by atoms with van der Waals surface area (Å²) < 4.78 is 0. The van der Waals surface area contributed by atoms with E-state index in [1.165, 1.54) is 27.8 Å². The van der Waals surface area contributed by atoms with Crippen LogP contribution in [0.1, 0.15) is 60.1 Å². The number of allylic oxidation sites excluding steroid dienone is 2. The van der Waals surface area contributed by atoms with Crippen LogP contribution in [-0.2, 0) is 6.42 Å². The summed E-state index contributed by atoms with van der Waals surface area (Å²) in [6.45, 7) is 10.2. The van der Waals surface area contributed by atoms with Crippen molar-refractivity contribution in [2.75, 3.05) is 0 Å². The Labute approximate surface area is 184 Å². The van der Waals surface area contributed by atoms with E-state index in [-0.39, 0.29) is 5.92 Å². The molecule has 3 aromatic rings. The highest BCUT2D eigenvalue weighted by atomic mass is 14.7. The van der Waals surface area contributed by atoms with Gasteiger partial charge in [0.25, 0.3) is 0 Å². The topological polar surface area (TPSA) is 59.9 Å². The van der Waals surface area contributed by atoms with Crippen LogP contribution in [0.15, 0.2) is 77.3 Å². The van der Waals surface area contributed by atoms with E-state index in [1.54, 1.807) is 0 Å². The molecule has 152 valence electrons. The van der Waals surface area contributed by atoms with E-state index in [0.717, 1.165) is 17.7 Å². The van der Waals surface area contributed by atoms with Crippen molar-refractivity contribution in [2.24, 2.45) is 4.99 Å². The van der Waals surface area contributed by atoms with Crippen LogP contribution in [0.4, 0.5) is 5.69 Å². The Morgan fingerprint density at radius 2 is 1.42 bits per heavy atom. The second-order valence-electron chi connectivity index (χ2n) is 7.78. The third-order valence-electron chi connectivity index (χ3n) is 5.83. The molecule has 31 heavy (non-hydrogen) atoms. The average molecular weight is 404 g/mol. The first kappa shape index (κ1) is 21.8. The molecule has 0 heterocycles. The second-order valence-corrected chi connectivity index (χ2v) is 7.78. The Hall–Kier alpha value is -3.95. The molecule has 0 amide bonds. The van der Waals surface area contributed by atoms with E-state index in [9.17, 15) is 0 Å². The van der Waals surface area contributed by atoms with Gasteiger partial charge in [-0.1, -0.05) is 42.8 Å². The van der Waals surface area contributed by atoms with Gasteiger partial charge in [0.1, 0.15) is 0 Å². The predicted octanol–water partition coefficient (Wildman–Crippen LogP) is 6.95. The molecule has 3 rings (SSSR count). The highest BCUT2D eigenvalue weighted by molar-refractivity contribution is 5.77. The SMILES string of the molecule is C=Nc1ccc(C(C)c2ccc(C#N)cc2)cc1/C(C)=C(\C)Cc1ccc(C#N)cc1. The van der Waals surface area contributed by atoms with Gasteiger partial charge in [0.05, 0.1) is 29.0 Å². The van der Waals surface area contributed by atoms with Crippen molar-refractivity contribution in [3.8, 4) is 12.1 Å².